The van der Waals surface area contributed by atoms with E-state index >= 15 is 0 Å². The van der Waals surface area contributed by atoms with Crippen molar-refractivity contribution in [2.45, 2.75) is 33.5 Å². The summed E-state index contributed by atoms with van der Waals surface area (Å²) in [5.41, 5.74) is 15.1. The highest BCUT2D eigenvalue weighted by Gasteiger charge is 2.11. The Labute approximate surface area is 125 Å². The molecule has 0 aliphatic rings. The Kier molecular flexibility index (Phi) is 4.58. The average molecular weight is 286 g/mol. The third-order valence-electron chi connectivity index (χ3n) is 3.35. The van der Waals surface area contributed by atoms with Crippen LogP contribution in [0, 0.1) is 13.8 Å². The molecule has 0 spiro atoms. The summed E-state index contributed by atoms with van der Waals surface area (Å²) in [7, 11) is 0. The van der Waals surface area contributed by atoms with E-state index in [1.54, 1.807) is 0 Å². The Balaban J connectivity index is 2.08. The van der Waals surface area contributed by atoms with Gasteiger partial charge in [-0.15, -0.1) is 0 Å². The maximum absolute atomic E-state index is 5.86. The van der Waals surface area contributed by atoms with Crippen LogP contribution in [-0.4, -0.2) is 6.29 Å². The maximum atomic E-state index is 5.86. The van der Waals surface area contributed by atoms with E-state index in [4.69, 9.17) is 20.9 Å². The lowest BCUT2D eigenvalue weighted by atomic mass is 10.2. The van der Waals surface area contributed by atoms with Crippen molar-refractivity contribution < 1.29 is 9.47 Å². The summed E-state index contributed by atoms with van der Waals surface area (Å²) in [4.78, 5) is 0. The van der Waals surface area contributed by atoms with E-state index in [1.165, 1.54) is 0 Å². The molecule has 0 radical (unpaired) electrons. The zero-order valence-electron chi connectivity index (χ0n) is 12.7. The van der Waals surface area contributed by atoms with E-state index in [9.17, 15) is 0 Å². The number of hydrogen-bond acceptors (Lipinski definition) is 4. The van der Waals surface area contributed by atoms with Crippen LogP contribution in [0.3, 0.4) is 0 Å². The van der Waals surface area contributed by atoms with Crippen LogP contribution in [0.25, 0.3) is 0 Å². The van der Waals surface area contributed by atoms with E-state index < -0.39 is 0 Å². The summed E-state index contributed by atoms with van der Waals surface area (Å²) in [6, 6.07) is 11.2. The molecule has 0 fully saturated rings. The van der Waals surface area contributed by atoms with Crippen molar-refractivity contribution in [2.75, 3.05) is 11.5 Å². The molecule has 0 unspecified atom stereocenters. The van der Waals surface area contributed by atoms with Gasteiger partial charge in [0.25, 0.3) is 0 Å². The van der Waals surface area contributed by atoms with Crippen LogP contribution >= 0.6 is 0 Å². The summed E-state index contributed by atoms with van der Waals surface area (Å²) in [6.07, 6.45) is 0.378. The number of aryl methyl sites for hydroxylation is 2. The molecule has 2 aromatic rings. The summed E-state index contributed by atoms with van der Waals surface area (Å²) in [5, 5.41) is 0. The predicted octanol–water partition coefficient (Wildman–Crippen LogP) is 3.66. The standard InChI is InChI=1S/C17H22N2O2/c1-4-17(20-13-5-7-15(18)11(2)9-13)21-14-6-8-16(19)12(3)10-14/h5-10,17H,4,18-19H2,1-3H3. The second-order valence-corrected chi connectivity index (χ2v) is 5.11. The van der Waals surface area contributed by atoms with Gasteiger partial charge in [-0.25, -0.2) is 0 Å². The van der Waals surface area contributed by atoms with Crippen LogP contribution in [0.2, 0.25) is 0 Å². The van der Waals surface area contributed by atoms with Crippen LogP contribution in [0.15, 0.2) is 36.4 Å². The van der Waals surface area contributed by atoms with Crippen molar-refractivity contribution >= 4 is 11.4 Å². The van der Waals surface area contributed by atoms with E-state index in [0.29, 0.717) is 0 Å². The highest BCUT2D eigenvalue weighted by molar-refractivity contribution is 5.50. The van der Waals surface area contributed by atoms with Gasteiger partial charge in [-0.2, -0.15) is 0 Å². The van der Waals surface area contributed by atoms with Gasteiger partial charge in [0, 0.05) is 17.8 Å². The average Bonchev–Trinajstić information content (AvgIpc) is 2.46. The van der Waals surface area contributed by atoms with Crippen molar-refractivity contribution in [1.82, 2.24) is 0 Å². The zero-order chi connectivity index (χ0) is 15.4. The smallest absolute Gasteiger partial charge is 0.240 e. The largest absolute Gasteiger partial charge is 0.455 e. The molecule has 0 aliphatic carbocycles. The van der Waals surface area contributed by atoms with Gasteiger partial charge in [0.05, 0.1) is 0 Å². The molecule has 21 heavy (non-hydrogen) atoms. The molecule has 4 heteroatoms. The van der Waals surface area contributed by atoms with E-state index in [2.05, 4.69) is 0 Å². The molecular weight excluding hydrogens is 264 g/mol. The van der Waals surface area contributed by atoms with Gasteiger partial charge in [-0.05, 0) is 61.4 Å². The van der Waals surface area contributed by atoms with Crippen molar-refractivity contribution in [3.05, 3.63) is 47.5 Å². The highest BCUT2D eigenvalue weighted by Crippen LogP contribution is 2.23. The third kappa shape index (κ3) is 3.81. The first-order valence-electron chi connectivity index (χ1n) is 7.05. The lowest BCUT2D eigenvalue weighted by Crippen LogP contribution is -2.23. The number of hydrogen-bond donors (Lipinski definition) is 2. The van der Waals surface area contributed by atoms with Gasteiger partial charge in [-0.3, -0.25) is 0 Å². The van der Waals surface area contributed by atoms with Crippen LogP contribution in [-0.2, 0) is 0 Å². The van der Waals surface area contributed by atoms with Gasteiger partial charge >= 0.3 is 0 Å². The Morgan fingerprint density at radius 1 is 0.857 bits per heavy atom. The number of nitrogens with two attached hydrogens (primary N) is 2. The van der Waals surface area contributed by atoms with Crippen LogP contribution in [0.5, 0.6) is 11.5 Å². The summed E-state index contributed by atoms with van der Waals surface area (Å²) in [6.45, 7) is 5.92. The molecule has 0 bridgehead atoms. The zero-order valence-corrected chi connectivity index (χ0v) is 12.7. The Morgan fingerprint density at radius 2 is 1.29 bits per heavy atom. The van der Waals surface area contributed by atoms with Crippen LogP contribution in [0.1, 0.15) is 24.5 Å². The molecule has 0 amide bonds. The monoisotopic (exact) mass is 286 g/mol. The molecule has 0 saturated carbocycles. The highest BCUT2D eigenvalue weighted by atomic mass is 16.7. The van der Waals surface area contributed by atoms with Gasteiger partial charge in [0.15, 0.2) is 0 Å². The van der Waals surface area contributed by atoms with E-state index in [-0.39, 0.29) is 6.29 Å². The normalized spacial score (nSPS) is 10.7. The predicted molar refractivity (Wildman–Crippen MR) is 86.5 cm³/mol. The van der Waals surface area contributed by atoms with Gasteiger partial charge in [-0.1, -0.05) is 6.92 Å². The first-order chi connectivity index (χ1) is 9.99. The minimum atomic E-state index is -0.351. The minimum Gasteiger partial charge on any atom is -0.455 e. The Bertz CT molecular complexity index is 573. The molecule has 4 nitrogen and oxygen atoms in total. The molecule has 2 rings (SSSR count). The number of anilines is 2. The van der Waals surface area contributed by atoms with E-state index in [1.807, 2.05) is 57.2 Å². The van der Waals surface area contributed by atoms with Crippen molar-refractivity contribution in [2.24, 2.45) is 0 Å². The number of nitrogen functional groups attached to an aromatic ring is 2. The van der Waals surface area contributed by atoms with Crippen molar-refractivity contribution in [1.29, 1.82) is 0 Å². The van der Waals surface area contributed by atoms with Crippen LogP contribution < -0.4 is 20.9 Å². The van der Waals surface area contributed by atoms with Crippen LogP contribution in [0.4, 0.5) is 11.4 Å². The van der Waals surface area contributed by atoms with E-state index in [0.717, 1.165) is 40.4 Å². The molecule has 4 N–H and O–H groups in total. The number of rotatable bonds is 5. The topological polar surface area (TPSA) is 70.5 Å². The SMILES string of the molecule is CCC(Oc1ccc(N)c(C)c1)Oc1ccc(N)c(C)c1. The maximum Gasteiger partial charge on any atom is 0.240 e. The second-order valence-electron chi connectivity index (χ2n) is 5.11. The Morgan fingerprint density at radius 3 is 1.62 bits per heavy atom. The third-order valence-corrected chi connectivity index (χ3v) is 3.35. The molecule has 0 aromatic heterocycles. The minimum absolute atomic E-state index is 0.351. The molecule has 0 atom stereocenters. The molecular formula is C17H22N2O2. The number of benzene rings is 2. The number of ether oxygens (including phenoxy) is 2. The van der Waals surface area contributed by atoms with Gasteiger partial charge < -0.3 is 20.9 Å². The first kappa shape index (κ1) is 15.0. The lowest BCUT2D eigenvalue weighted by molar-refractivity contribution is 0.00326. The summed E-state index contributed by atoms with van der Waals surface area (Å²) >= 11 is 0. The fraction of sp³-hybridized carbons (Fsp3) is 0.294. The molecule has 0 saturated heterocycles. The summed E-state index contributed by atoms with van der Waals surface area (Å²) < 4.78 is 11.7. The van der Waals surface area contributed by atoms with Gasteiger partial charge in [0.1, 0.15) is 11.5 Å². The quantitative estimate of drug-likeness (QED) is 0.650. The second kappa shape index (κ2) is 6.39. The molecule has 2 aromatic carbocycles. The van der Waals surface area contributed by atoms with Crippen molar-refractivity contribution in [3.8, 4) is 11.5 Å². The lowest BCUT2D eigenvalue weighted by Gasteiger charge is -2.20. The Hall–Kier alpha value is -2.36. The first-order valence-corrected chi connectivity index (χ1v) is 7.05. The summed E-state index contributed by atoms with van der Waals surface area (Å²) in [5.74, 6) is 1.50. The van der Waals surface area contributed by atoms with Crippen molar-refractivity contribution in [3.63, 3.8) is 0 Å². The fourth-order valence-corrected chi connectivity index (χ4v) is 1.94. The van der Waals surface area contributed by atoms with Gasteiger partial charge in [0.2, 0.25) is 6.29 Å². The molecule has 0 heterocycles. The molecule has 112 valence electrons. The molecule has 0 aliphatic heterocycles. The fourth-order valence-electron chi connectivity index (χ4n) is 1.94.